The van der Waals surface area contributed by atoms with Gasteiger partial charge in [-0.15, -0.1) is 11.8 Å². The molecule has 1 aliphatic heterocycles. The number of thioether (sulfide) groups is 1. The van der Waals surface area contributed by atoms with E-state index in [1.807, 2.05) is 12.1 Å². The standard InChI is InChI=1S/C20H29N3O3S2/c1-4-28(25,26)23-18(14-5-7-22-8-6-14)10-15-9-16(27-12-13(2)3)11-17(19(15)23)20(21)24/h9-11,13-14,22H,4-8,12H2,1-3H3,(H2,21,24). The highest BCUT2D eigenvalue weighted by atomic mass is 32.2. The highest BCUT2D eigenvalue weighted by molar-refractivity contribution is 7.99. The molecule has 8 heteroatoms. The molecule has 1 amide bonds. The van der Waals surface area contributed by atoms with Gasteiger partial charge in [0.2, 0.25) is 10.0 Å². The summed E-state index contributed by atoms with van der Waals surface area (Å²) in [6, 6.07) is 5.68. The third kappa shape index (κ3) is 4.23. The molecular formula is C20H29N3O3S2. The van der Waals surface area contributed by atoms with Gasteiger partial charge in [0, 0.05) is 27.6 Å². The molecule has 2 aromatic rings. The van der Waals surface area contributed by atoms with Crippen LogP contribution in [0.15, 0.2) is 23.1 Å². The molecule has 28 heavy (non-hydrogen) atoms. The molecule has 1 aliphatic rings. The first-order valence-electron chi connectivity index (χ1n) is 9.80. The molecule has 1 aromatic heterocycles. The van der Waals surface area contributed by atoms with Crippen LogP contribution in [0, 0.1) is 5.92 Å². The Morgan fingerprint density at radius 3 is 2.54 bits per heavy atom. The molecule has 6 nitrogen and oxygen atoms in total. The van der Waals surface area contributed by atoms with Gasteiger partial charge in [-0.05, 0) is 57.0 Å². The van der Waals surface area contributed by atoms with E-state index in [4.69, 9.17) is 5.73 Å². The maximum Gasteiger partial charge on any atom is 0.250 e. The largest absolute Gasteiger partial charge is 0.366 e. The summed E-state index contributed by atoms with van der Waals surface area (Å²) in [6.45, 7) is 7.62. The maximum atomic E-state index is 13.0. The summed E-state index contributed by atoms with van der Waals surface area (Å²) in [5.74, 6) is 0.936. The molecule has 1 aromatic carbocycles. The van der Waals surface area contributed by atoms with Crippen molar-refractivity contribution < 1.29 is 13.2 Å². The monoisotopic (exact) mass is 423 g/mol. The fourth-order valence-corrected chi connectivity index (χ4v) is 5.88. The molecule has 1 fully saturated rings. The van der Waals surface area contributed by atoms with Crippen molar-refractivity contribution in [1.82, 2.24) is 9.29 Å². The number of amides is 1. The van der Waals surface area contributed by atoms with Crippen LogP contribution in [-0.2, 0) is 10.0 Å². The van der Waals surface area contributed by atoms with Crippen molar-refractivity contribution in [3.63, 3.8) is 0 Å². The SMILES string of the molecule is CCS(=O)(=O)n1c(C2CCNCC2)cc2cc(SCC(C)C)cc(C(N)=O)c21. The van der Waals surface area contributed by atoms with Gasteiger partial charge in [-0.25, -0.2) is 12.4 Å². The van der Waals surface area contributed by atoms with Gasteiger partial charge in [0.05, 0.1) is 16.8 Å². The average molecular weight is 424 g/mol. The predicted molar refractivity (Wildman–Crippen MR) is 116 cm³/mol. The number of nitrogens with zero attached hydrogens (tertiary/aromatic N) is 1. The number of benzene rings is 1. The van der Waals surface area contributed by atoms with Crippen LogP contribution in [0.25, 0.3) is 10.9 Å². The highest BCUT2D eigenvalue weighted by Gasteiger charge is 2.28. The summed E-state index contributed by atoms with van der Waals surface area (Å²) in [7, 11) is -3.57. The lowest BCUT2D eigenvalue weighted by Crippen LogP contribution is -2.29. The fraction of sp³-hybridized carbons (Fsp3) is 0.550. The van der Waals surface area contributed by atoms with Crippen LogP contribution >= 0.6 is 11.8 Å². The Kier molecular flexibility index (Phi) is 6.41. The fourth-order valence-electron chi connectivity index (χ4n) is 3.68. The number of fused-ring (bicyclic) bond motifs is 1. The lowest BCUT2D eigenvalue weighted by atomic mass is 9.95. The number of nitrogens with one attached hydrogen (secondary N) is 1. The molecule has 2 heterocycles. The zero-order valence-corrected chi connectivity index (χ0v) is 18.3. The Labute approximate surface area is 171 Å². The molecule has 0 radical (unpaired) electrons. The number of hydrogen-bond donors (Lipinski definition) is 2. The van der Waals surface area contributed by atoms with Gasteiger partial charge in [-0.2, -0.15) is 0 Å². The summed E-state index contributed by atoms with van der Waals surface area (Å²) in [6.07, 6.45) is 1.74. The minimum Gasteiger partial charge on any atom is -0.366 e. The van der Waals surface area contributed by atoms with E-state index in [2.05, 4.69) is 19.2 Å². The summed E-state index contributed by atoms with van der Waals surface area (Å²) in [5.41, 5.74) is 7.16. The highest BCUT2D eigenvalue weighted by Crippen LogP contribution is 2.36. The van der Waals surface area contributed by atoms with Crippen LogP contribution in [0.5, 0.6) is 0 Å². The smallest absolute Gasteiger partial charge is 0.250 e. The van der Waals surface area contributed by atoms with Gasteiger partial charge in [0.1, 0.15) is 0 Å². The van der Waals surface area contributed by atoms with Crippen LogP contribution in [0.2, 0.25) is 0 Å². The summed E-state index contributed by atoms with van der Waals surface area (Å²) in [5, 5.41) is 4.09. The van der Waals surface area contributed by atoms with E-state index in [-0.39, 0.29) is 17.2 Å². The van der Waals surface area contributed by atoms with Gasteiger partial charge in [0.15, 0.2) is 0 Å². The minimum absolute atomic E-state index is 0.0309. The van der Waals surface area contributed by atoms with Crippen molar-refractivity contribution in [3.05, 3.63) is 29.5 Å². The predicted octanol–water partition coefficient (Wildman–Crippen LogP) is 3.15. The lowest BCUT2D eigenvalue weighted by molar-refractivity contribution is 0.100. The zero-order chi connectivity index (χ0) is 20.5. The molecule has 0 unspecified atom stereocenters. The molecule has 154 valence electrons. The molecule has 0 bridgehead atoms. The first-order valence-corrected chi connectivity index (χ1v) is 12.4. The molecule has 3 N–H and O–H groups in total. The zero-order valence-electron chi connectivity index (χ0n) is 16.7. The van der Waals surface area contributed by atoms with Gasteiger partial charge in [-0.3, -0.25) is 4.79 Å². The second kappa shape index (κ2) is 8.47. The third-order valence-corrected chi connectivity index (χ3v) is 8.18. The number of primary amides is 1. The molecule has 0 aliphatic carbocycles. The number of rotatable bonds is 7. The average Bonchev–Trinajstić information content (AvgIpc) is 3.06. The van der Waals surface area contributed by atoms with E-state index >= 15 is 0 Å². The lowest BCUT2D eigenvalue weighted by Gasteiger charge is -2.24. The van der Waals surface area contributed by atoms with Crippen LogP contribution in [-0.4, -0.2) is 42.9 Å². The Hall–Kier alpha value is -1.51. The van der Waals surface area contributed by atoms with E-state index in [0.717, 1.165) is 47.7 Å². The third-order valence-electron chi connectivity index (χ3n) is 5.10. The van der Waals surface area contributed by atoms with Crippen molar-refractivity contribution in [3.8, 4) is 0 Å². The second-order valence-electron chi connectivity index (χ2n) is 7.74. The van der Waals surface area contributed by atoms with Crippen LogP contribution < -0.4 is 11.1 Å². The first-order chi connectivity index (χ1) is 13.2. The van der Waals surface area contributed by atoms with Crippen LogP contribution in [0.4, 0.5) is 0 Å². The van der Waals surface area contributed by atoms with E-state index < -0.39 is 15.9 Å². The van der Waals surface area contributed by atoms with E-state index in [1.54, 1.807) is 24.8 Å². The van der Waals surface area contributed by atoms with Gasteiger partial charge < -0.3 is 11.1 Å². The second-order valence-corrected chi connectivity index (χ2v) is 10.9. The normalized spacial score (nSPS) is 16.1. The van der Waals surface area contributed by atoms with E-state index in [0.29, 0.717) is 11.4 Å². The topological polar surface area (TPSA) is 94.2 Å². The summed E-state index contributed by atoms with van der Waals surface area (Å²) in [4.78, 5) is 13.2. The van der Waals surface area contributed by atoms with Crippen molar-refractivity contribution >= 4 is 38.6 Å². The number of aromatic nitrogens is 1. The van der Waals surface area contributed by atoms with Gasteiger partial charge >= 0.3 is 0 Å². The molecule has 0 spiro atoms. The van der Waals surface area contributed by atoms with Crippen molar-refractivity contribution in [2.75, 3.05) is 24.6 Å². The molecule has 0 saturated carbocycles. The number of carbonyl (C=O) groups is 1. The molecule has 0 atom stereocenters. The molecule has 1 saturated heterocycles. The maximum absolute atomic E-state index is 13.0. The Balaban J connectivity index is 2.26. The van der Waals surface area contributed by atoms with Crippen molar-refractivity contribution in [1.29, 1.82) is 0 Å². The quantitative estimate of drug-likeness (QED) is 0.667. The van der Waals surface area contributed by atoms with Crippen molar-refractivity contribution in [2.45, 2.75) is 44.4 Å². The van der Waals surface area contributed by atoms with E-state index in [9.17, 15) is 13.2 Å². The molecular weight excluding hydrogens is 394 g/mol. The Morgan fingerprint density at radius 1 is 1.29 bits per heavy atom. The number of carbonyl (C=O) groups excluding carboxylic acids is 1. The number of piperidine rings is 1. The van der Waals surface area contributed by atoms with Crippen LogP contribution in [0.3, 0.4) is 0 Å². The van der Waals surface area contributed by atoms with Crippen LogP contribution in [0.1, 0.15) is 55.6 Å². The summed E-state index contributed by atoms with van der Waals surface area (Å²) >= 11 is 1.66. The number of hydrogen-bond acceptors (Lipinski definition) is 5. The number of nitrogens with two attached hydrogens (primary N) is 1. The summed E-state index contributed by atoms with van der Waals surface area (Å²) < 4.78 is 27.4. The Bertz CT molecular complexity index is 974. The minimum atomic E-state index is -3.57. The van der Waals surface area contributed by atoms with Gasteiger partial charge in [0.25, 0.3) is 5.91 Å². The van der Waals surface area contributed by atoms with E-state index in [1.165, 1.54) is 3.97 Å². The van der Waals surface area contributed by atoms with Gasteiger partial charge in [-0.1, -0.05) is 13.8 Å². The Morgan fingerprint density at radius 2 is 1.96 bits per heavy atom. The first kappa shape index (κ1) is 21.2. The molecule has 3 rings (SSSR count). The van der Waals surface area contributed by atoms with Crippen molar-refractivity contribution in [2.24, 2.45) is 11.7 Å².